The summed E-state index contributed by atoms with van der Waals surface area (Å²) in [6.45, 7) is 4.14. The number of halogens is 4. The molecule has 0 saturated carbocycles. The molecule has 1 aromatic heterocycles. The lowest BCUT2D eigenvalue weighted by Crippen LogP contribution is -2.36. The van der Waals surface area contributed by atoms with Crippen molar-refractivity contribution in [2.45, 2.75) is 45.1 Å². The number of nitrogens with zero attached hydrogens (tertiary/aromatic N) is 1. The molecule has 0 aliphatic carbocycles. The quantitative estimate of drug-likeness (QED) is 0.272. The largest absolute Gasteiger partial charge is 0.491 e. The number of carbonyl (C=O) groups is 2. The van der Waals surface area contributed by atoms with Crippen LogP contribution in [0.2, 0.25) is 0 Å². The Morgan fingerprint density at radius 2 is 1.92 bits per heavy atom. The molecule has 1 fully saturated rings. The molecule has 1 unspecified atom stereocenters. The van der Waals surface area contributed by atoms with Crippen LogP contribution in [0.4, 0.5) is 29.1 Å². The van der Waals surface area contributed by atoms with Crippen molar-refractivity contribution in [3.05, 3.63) is 69.4 Å². The van der Waals surface area contributed by atoms with Gasteiger partial charge in [-0.3, -0.25) is 4.79 Å². The van der Waals surface area contributed by atoms with Gasteiger partial charge in [0.05, 0.1) is 23.5 Å². The van der Waals surface area contributed by atoms with Crippen molar-refractivity contribution in [2.24, 2.45) is 0 Å². The Hall–Kier alpha value is -3.89. The van der Waals surface area contributed by atoms with E-state index in [1.54, 1.807) is 36.9 Å². The van der Waals surface area contributed by atoms with E-state index in [-0.39, 0.29) is 34.7 Å². The highest BCUT2D eigenvalue weighted by atomic mass is 19.4. The van der Waals surface area contributed by atoms with E-state index >= 15 is 0 Å². The first-order chi connectivity index (χ1) is 17.4. The van der Waals surface area contributed by atoms with E-state index in [9.17, 15) is 31.9 Å². The summed E-state index contributed by atoms with van der Waals surface area (Å²) < 4.78 is 61.8. The number of fused-ring (bicyclic) bond motifs is 1. The number of hydrogen-bond acceptors (Lipinski definition) is 7. The second kappa shape index (κ2) is 10.2. The maximum absolute atomic E-state index is 14.0. The van der Waals surface area contributed by atoms with Crippen LogP contribution >= 0.6 is 0 Å². The molecule has 37 heavy (non-hydrogen) atoms. The lowest BCUT2D eigenvalue weighted by Gasteiger charge is -2.29. The SMILES string of the molecule is Cc1cc(C(C)Nc2ccccc2C(=O)OC(=O)C(F)(F)F)c2oc(N3CCC[C@H](F)C3)cc(=O)c2c1. The molecule has 1 aliphatic rings. The van der Waals surface area contributed by atoms with Crippen LogP contribution in [0.5, 0.6) is 0 Å². The van der Waals surface area contributed by atoms with Crippen LogP contribution in [0.1, 0.15) is 47.3 Å². The summed E-state index contributed by atoms with van der Waals surface area (Å²) in [5.41, 5.74) is 1.08. The van der Waals surface area contributed by atoms with E-state index in [2.05, 4.69) is 10.1 Å². The predicted octanol–water partition coefficient (Wildman–Crippen LogP) is 5.46. The standard InChI is InChI=1S/C26H24F4N2O5/c1-14-10-18(23-19(11-14)21(33)12-22(36-23)32-9-5-6-16(27)13-32)15(2)31-20-8-4-3-7-17(20)24(34)37-25(35)26(28,29)30/h3-4,7-8,10-12,15-16,31H,5-6,9,13H2,1-2H3/t15?,16-/m0/s1. The Morgan fingerprint density at radius 1 is 1.19 bits per heavy atom. The van der Waals surface area contributed by atoms with Crippen molar-refractivity contribution in [2.75, 3.05) is 23.3 Å². The molecule has 1 saturated heterocycles. The molecule has 196 valence electrons. The summed E-state index contributed by atoms with van der Waals surface area (Å²) in [5, 5.41) is 3.35. The Labute approximate surface area is 209 Å². The first-order valence-electron chi connectivity index (χ1n) is 11.6. The molecule has 4 rings (SSSR count). The molecule has 1 N–H and O–H groups in total. The van der Waals surface area contributed by atoms with Crippen molar-refractivity contribution in [1.29, 1.82) is 0 Å². The maximum atomic E-state index is 14.0. The number of benzene rings is 2. The van der Waals surface area contributed by atoms with Gasteiger partial charge in [0.25, 0.3) is 0 Å². The summed E-state index contributed by atoms with van der Waals surface area (Å²) in [5.74, 6) is -3.84. The van der Waals surface area contributed by atoms with Crippen LogP contribution in [-0.4, -0.2) is 37.4 Å². The van der Waals surface area contributed by atoms with Gasteiger partial charge in [-0.05, 0) is 50.5 Å². The zero-order chi connectivity index (χ0) is 26.9. The number of alkyl halides is 4. The topological polar surface area (TPSA) is 88.8 Å². The fraction of sp³-hybridized carbons (Fsp3) is 0.346. The van der Waals surface area contributed by atoms with E-state index < -0.39 is 30.3 Å². The predicted molar refractivity (Wildman–Crippen MR) is 129 cm³/mol. The number of nitrogens with one attached hydrogen (secondary N) is 1. The molecule has 0 bridgehead atoms. The van der Waals surface area contributed by atoms with Crippen molar-refractivity contribution in [1.82, 2.24) is 0 Å². The zero-order valence-corrected chi connectivity index (χ0v) is 20.0. The highest BCUT2D eigenvalue weighted by molar-refractivity contribution is 6.02. The number of aryl methyl sites for hydroxylation is 1. The van der Waals surface area contributed by atoms with E-state index in [1.165, 1.54) is 24.3 Å². The number of hydrogen-bond donors (Lipinski definition) is 1. The average Bonchev–Trinajstić information content (AvgIpc) is 2.83. The molecule has 0 radical (unpaired) electrons. The summed E-state index contributed by atoms with van der Waals surface area (Å²) >= 11 is 0. The van der Waals surface area contributed by atoms with Gasteiger partial charge in [0.1, 0.15) is 11.8 Å². The Kier molecular flexibility index (Phi) is 7.24. The number of carbonyl (C=O) groups excluding carboxylic acids is 2. The highest BCUT2D eigenvalue weighted by Gasteiger charge is 2.42. The molecule has 2 atom stereocenters. The summed E-state index contributed by atoms with van der Waals surface area (Å²) in [7, 11) is 0. The Morgan fingerprint density at radius 3 is 2.62 bits per heavy atom. The Balaban J connectivity index is 1.69. The number of piperidine rings is 1. The minimum absolute atomic E-state index is 0.107. The van der Waals surface area contributed by atoms with E-state index in [0.717, 1.165) is 5.56 Å². The summed E-state index contributed by atoms with van der Waals surface area (Å²) in [4.78, 5) is 38.1. The number of rotatable bonds is 5. The van der Waals surface area contributed by atoms with Gasteiger partial charge in [-0.25, -0.2) is 14.0 Å². The zero-order valence-electron chi connectivity index (χ0n) is 20.0. The lowest BCUT2D eigenvalue weighted by molar-refractivity contribution is -0.193. The first kappa shape index (κ1) is 26.2. The molecular weight excluding hydrogens is 496 g/mol. The average molecular weight is 520 g/mol. The molecular formula is C26H24F4N2O5. The van der Waals surface area contributed by atoms with Gasteiger partial charge >= 0.3 is 18.1 Å². The van der Waals surface area contributed by atoms with E-state index in [4.69, 9.17) is 4.42 Å². The fourth-order valence-electron chi connectivity index (χ4n) is 4.32. The van der Waals surface area contributed by atoms with Crippen LogP contribution in [0.3, 0.4) is 0 Å². The van der Waals surface area contributed by atoms with Gasteiger partial charge in [0, 0.05) is 23.9 Å². The third kappa shape index (κ3) is 5.76. The van der Waals surface area contributed by atoms with Gasteiger partial charge in [-0.1, -0.05) is 18.2 Å². The third-order valence-electron chi connectivity index (χ3n) is 6.07. The van der Waals surface area contributed by atoms with Crippen LogP contribution in [0.15, 0.2) is 51.7 Å². The fourth-order valence-corrected chi connectivity index (χ4v) is 4.32. The van der Waals surface area contributed by atoms with Crippen molar-refractivity contribution in [3.63, 3.8) is 0 Å². The van der Waals surface area contributed by atoms with Crippen LogP contribution in [0.25, 0.3) is 11.0 Å². The lowest BCUT2D eigenvalue weighted by atomic mass is 10.0. The first-order valence-corrected chi connectivity index (χ1v) is 11.6. The molecule has 3 aromatic rings. The van der Waals surface area contributed by atoms with Crippen molar-refractivity contribution in [3.8, 4) is 0 Å². The number of esters is 2. The van der Waals surface area contributed by atoms with Crippen LogP contribution in [-0.2, 0) is 9.53 Å². The number of para-hydroxylation sites is 1. The van der Waals surface area contributed by atoms with Gasteiger partial charge < -0.3 is 19.4 Å². The molecule has 1 aliphatic heterocycles. The van der Waals surface area contributed by atoms with Crippen molar-refractivity contribution < 1.29 is 36.3 Å². The number of anilines is 2. The molecule has 0 spiro atoms. The Bertz CT molecular complexity index is 1400. The van der Waals surface area contributed by atoms with E-state index in [0.29, 0.717) is 30.3 Å². The van der Waals surface area contributed by atoms with Gasteiger partial charge in [0.2, 0.25) is 0 Å². The molecule has 11 heteroatoms. The minimum Gasteiger partial charge on any atom is -0.440 e. The molecule has 2 heterocycles. The summed E-state index contributed by atoms with van der Waals surface area (Å²) in [6, 6.07) is 9.80. The van der Waals surface area contributed by atoms with Crippen LogP contribution in [0, 0.1) is 6.92 Å². The third-order valence-corrected chi connectivity index (χ3v) is 6.07. The highest BCUT2D eigenvalue weighted by Crippen LogP contribution is 2.32. The monoisotopic (exact) mass is 520 g/mol. The second-order valence-electron chi connectivity index (χ2n) is 8.95. The van der Waals surface area contributed by atoms with Gasteiger partial charge in [0.15, 0.2) is 11.3 Å². The van der Waals surface area contributed by atoms with Crippen molar-refractivity contribution >= 4 is 34.5 Å². The molecule has 7 nitrogen and oxygen atoms in total. The van der Waals surface area contributed by atoms with Crippen LogP contribution < -0.4 is 15.6 Å². The number of ether oxygens (including phenoxy) is 1. The van der Waals surface area contributed by atoms with Gasteiger partial charge in [-0.2, -0.15) is 13.2 Å². The van der Waals surface area contributed by atoms with E-state index in [1.807, 2.05) is 0 Å². The second-order valence-corrected chi connectivity index (χ2v) is 8.95. The normalized spacial score (nSPS) is 16.9. The smallest absolute Gasteiger partial charge is 0.440 e. The maximum Gasteiger partial charge on any atom is 0.491 e. The molecule has 0 amide bonds. The van der Waals surface area contributed by atoms with Gasteiger partial charge in [-0.15, -0.1) is 0 Å². The summed E-state index contributed by atoms with van der Waals surface area (Å²) in [6.07, 6.45) is -5.30. The minimum atomic E-state index is -5.32. The molecule has 2 aromatic carbocycles.